The largest absolute Gasteiger partial charge is 0.394 e. The molecule has 1 saturated heterocycles. The molecule has 1 aliphatic rings. The highest BCUT2D eigenvalue weighted by molar-refractivity contribution is 5.80. The fraction of sp³-hybridized carbons (Fsp3) is 0.875. The van der Waals surface area contributed by atoms with Gasteiger partial charge in [-0.2, -0.15) is 0 Å². The molecule has 1 fully saturated rings. The summed E-state index contributed by atoms with van der Waals surface area (Å²) in [5.74, 6) is -0.241. The molecule has 6 nitrogen and oxygen atoms in total. The minimum atomic E-state index is -1.27. The maximum absolute atomic E-state index is 11.4. The zero-order chi connectivity index (χ0) is 10.8. The van der Waals surface area contributed by atoms with Crippen molar-refractivity contribution in [2.24, 2.45) is 5.73 Å². The lowest BCUT2D eigenvalue weighted by molar-refractivity contribution is -0.140. The van der Waals surface area contributed by atoms with Crippen LogP contribution in [-0.4, -0.2) is 64.1 Å². The smallest absolute Gasteiger partial charge is 0.224 e. The monoisotopic (exact) mass is 204 g/mol. The predicted molar refractivity (Wildman–Crippen MR) is 48.3 cm³/mol. The first kappa shape index (κ1) is 11.4. The first-order valence-electron chi connectivity index (χ1n) is 4.48. The van der Waals surface area contributed by atoms with E-state index in [1.807, 2.05) is 0 Å². The number of likely N-dealkylation sites (tertiary alicyclic amines) is 1. The molecule has 0 spiro atoms. The van der Waals surface area contributed by atoms with Crippen LogP contribution in [0.15, 0.2) is 0 Å². The summed E-state index contributed by atoms with van der Waals surface area (Å²) in [4.78, 5) is 12.7. The van der Waals surface area contributed by atoms with Crippen LogP contribution in [0.5, 0.6) is 0 Å². The molecule has 5 N–H and O–H groups in total. The van der Waals surface area contributed by atoms with E-state index in [1.165, 1.54) is 4.90 Å². The fourth-order valence-corrected chi connectivity index (χ4v) is 1.60. The number of nitrogens with zero attached hydrogens (tertiary/aromatic N) is 1. The van der Waals surface area contributed by atoms with Crippen LogP contribution in [0.25, 0.3) is 0 Å². The van der Waals surface area contributed by atoms with Crippen LogP contribution in [-0.2, 0) is 4.79 Å². The van der Waals surface area contributed by atoms with E-state index in [2.05, 4.69) is 0 Å². The second-order valence-corrected chi connectivity index (χ2v) is 3.67. The van der Waals surface area contributed by atoms with Gasteiger partial charge in [0.25, 0.3) is 0 Å². The van der Waals surface area contributed by atoms with Crippen molar-refractivity contribution in [3.63, 3.8) is 0 Å². The number of amides is 1. The molecule has 1 amide bonds. The van der Waals surface area contributed by atoms with Gasteiger partial charge in [0.2, 0.25) is 5.91 Å². The molecule has 1 rings (SSSR count). The van der Waals surface area contributed by atoms with Crippen molar-refractivity contribution in [2.75, 3.05) is 26.4 Å². The molecule has 0 saturated carbocycles. The van der Waals surface area contributed by atoms with Crippen molar-refractivity contribution in [2.45, 2.75) is 18.0 Å². The number of carbonyl (C=O) groups is 1. The Kier molecular flexibility index (Phi) is 3.43. The van der Waals surface area contributed by atoms with Crippen molar-refractivity contribution >= 4 is 5.91 Å². The summed E-state index contributed by atoms with van der Waals surface area (Å²) in [6, 6.07) is -0.286. The second kappa shape index (κ2) is 4.22. The average molecular weight is 204 g/mol. The van der Waals surface area contributed by atoms with Gasteiger partial charge in [0.1, 0.15) is 5.54 Å². The van der Waals surface area contributed by atoms with Gasteiger partial charge in [-0.3, -0.25) is 4.79 Å². The van der Waals surface area contributed by atoms with Crippen molar-refractivity contribution in [1.29, 1.82) is 0 Å². The summed E-state index contributed by atoms with van der Waals surface area (Å²) >= 11 is 0. The van der Waals surface area contributed by atoms with Crippen LogP contribution in [0.2, 0.25) is 0 Å². The highest BCUT2D eigenvalue weighted by atomic mass is 16.3. The maximum Gasteiger partial charge on any atom is 0.224 e. The van der Waals surface area contributed by atoms with Gasteiger partial charge >= 0.3 is 0 Å². The Balaban J connectivity index is 2.83. The Morgan fingerprint density at radius 3 is 2.14 bits per heavy atom. The van der Waals surface area contributed by atoms with Gasteiger partial charge in [0, 0.05) is 19.0 Å². The third-order valence-electron chi connectivity index (χ3n) is 2.61. The SMILES string of the molecule is NC1CC(=O)N(C(CO)(CO)CO)C1. The Hall–Kier alpha value is -0.690. The van der Waals surface area contributed by atoms with Gasteiger partial charge in [-0.1, -0.05) is 0 Å². The molecule has 0 aliphatic carbocycles. The number of hydrogen-bond acceptors (Lipinski definition) is 5. The highest BCUT2D eigenvalue weighted by Gasteiger charge is 2.42. The lowest BCUT2D eigenvalue weighted by atomic mass is 10.0. The number of nitrogens with two attached hydrogens (primary N) is 1. The Morgan fingerprint density at radius 1 is 1.36 bits per heavy atom. The fourth-order valence-electron chi connectivity index (χ4n) is 1.60. The summed E-state index contributed by atoms with van der Waals surface area (Å²) in [7, 11) is 0. The molecule has 14 heavy (non-hydrogen) atoms. The number of carbonyl (C=O) groups excluding carboxylic acids is 1. The molecule has 0 aromatic rings. The summed E-state index contributed by atoms with van der Waals surface area (Å²) in [5.41, 5.74) is 4.30. The Morgan fingerprint density at radius 2 is 1.86 bits per heavy atom. The quantitative estimate of drug-likeness (QED) is 0.397. The minimum absolute atomic E-state index is 0.196. The Labute approximate surface area is 81.9 Å². The molecule has 0 aromatic heterocycles. The summed E-state index contributed by atoms with van der Waals surface area (Å²) in [6.07, 6.45) is 0.196. The topological polar surface area (TPSA) is 107 Å². The summed E-state index contributed by atoms with van der Waals surface area (Å²) < 4.78 is 0. The third-order valence-corrected chi connectivity index (χ3v) is 2.61. The lowest BCUT2D eigenvalue weighted by Gasteiger charge is -2.37. The molecule has 6 heteroatoms. The highest BCUT2D eigenvalue weighted by Crippen LogP contribution is 2.21. The zero-order valence-electron chi connectivity index (χ0n) is 7.89. The van der Waals surface area contributed by atoms with Crippen LogP contribution in [0.3, 0.4) is 0 Å². The van der Waals surface area contributed by atoms with E-state index in [0.29, 0.717) is 0 Å². The van der Waals surface area contributed by atoms with Crippen molar-refractivity contribution < 1.29 is 20.1 Å². The van der Waals surface area contributed by atoms with Gasteiger partial charge in [-0.05, 0) is 0 Å². The van der Waals surface area contributed by atoms with E-state index in [9.17, 15) is 4.79 Å². The predicted octanol–water partition coefficient (Wildman–Crippen LogP) is -2.74. The van der Waals surface area contributed by atoms with Crippen molar-refractivity contribution in [3.8, 4) is 0 Å². The summed E-state index contributed by atoms with van der Waals surface area (Å²) in [5, 5.41) is 27.3. The van der Waals surface area contributed by atoms with Crippen LogP contribution < -0.4 is 5.73 Å². The molecule has 1 aliphatic heterocycles. The van der Waals surface area contributed by atoms with E-state index >= 15 is 0 Å². The number of aliphatic hydroxyl groups excluding tert-OH is 3. The zero-order valence-corrected chi connectivity index (χ0v) is 7.89. The molecule has 0 bridgehead atoms. The van der Waals surface area contributed by atoms with Gasteiger partial charge in [-0.25, -0.2) is 0 Å². The van der Waals surface area contributed by atoms with Crippen molar-refractivity contribution in [3.05, 3.63) is 0 Å². The molecule has 0 radical (unpaired) electrons. The molecule has 1 heterocycles. The molecule has 82 valence electrons. The van der Waals surface area contributed by atoms with Crippen LogP contribution >= 0.6 is 0 Å². The third kappa shape index (κ3) is 1.74. The van der Waals surface area contributed by atoms with Gasteiger partial charge in [-0.15, -0.1) is 0 Å². The molecule has 0 aromatic carbocycles. The average Bonchev–Trinajstić information content (AvgIpc) is 2.51. The van der Waals surface area contributed by atoms with Crippen LogP contribution in [0.4, 0.5) is 0 Å². The lowest BCUT2D eigenvalue weighted by Crippen LogP contribution is -2.58. The standard InChI is InChI=1S/C8H16N2O4/c9-6-1-7(14)10(2-6)8(3-11,4-12)5-13/h6,11-13H,1-5,9H2. The van der Waals surface area contributed by atoms with E-state index in [0.717, 1.165) is 0 Å². The number of hydrogen-bond donors (Lipinski definition) is 4. The number of rotatable bonds is 4. The van der Waals surface area contributed by atoms with Crippen molar-refractivity contribution in [1.82, 2.24) is 4.90 Å². The molecular weight excluding hydrogens is 188 g/mol. The van der Waals surface area contributed by atoms with Crippen LogP contribution in [0, 0.1) is 0 Å². The second-order valence-electron chi connectivity index (χ2n) is 3.67. The molecular formula is C8H16N2O4. The van der Waals surface area contributed by atoms with E-state index < -0.39 is 25.4 Å². The first-order chi connectivity index (χ1) is 6.59. The van der Waals surface area contributed by atoms with E-state index in [1.54, 1.807) is 0 Å². The van der Waals surface area contributed by atoms with Gasteiger partial charge in [0.15, 0.2) is 0 Å². The minimum Gasteiger partial charge on any atom is -0.394 e. The molecule has 1 unspecified atom stereocenters. The van der Waals surface area contributed by atoms with Gasteiger partial charge < -0.3 is 26.0 Å². The molecule has 1 atom stereocenters. The first-order valence-corrected chi connectivity index (χ1v) is 4.48. The van der Waals surface area contributed by atoms with Gasteiger partial charge in [0.05, 0.1) is 19.8 Å². The van der Waals surface area contributed by atoms with Crippen LogP contribution in [0.1, 0.15) is 6.42 Å². The van der Waals surface area contributed by atoms with E-state index in [-0.39, 0.29) is 24.9 Å². The maximum atomic E-state index is 11.4. The summed E-state index contributed by atoms with van der Waals surface area (Å²) in [6.45, 7) is -1.16. The Bertz CT molecular complexity index is 209. The normalized spacial score (nSPS) is 23.3. The number of aliphatic hydroxyl groups is 3. The van der Waals surface area contributed by atoms with E-state index in [4.69, 9.17) is 21.1 Å².